The van der Waals surface area contributed by atoms with Gasteiger partial charge in [0, 0.05) is 12.3 Å². The molecule has 1 aromatic rings. The fraction of sp³-hybridized carbons (Fsp3) is 0.556. The summed E-state index contributed by atoms with van der Waals surface area (Å²) in [6.45, 7) is 1.85. The van der Waals surface area contributed by atoms with E-state index in [0.717, 1.165) is 0 Å². The van der Waals surface area contributed by atoms with E-state index in [1.165, 1.54) is 13.3 Å². The number of halogens is 1. The summed E-state index contributed by atoms with van der Waals surface area (Å²) in [5.74, 6) is 0.520. The highest BCUT2D eigenvalue weighted by Gasteiger charge is 2.09. The van der Waals surface area contributed by atoms with Gasteiger partial charge in [0.1, 0.15) is 5.02 Å². The number of methoxy groups -OCH3 is 1. The van der Waals surface area contributed by atoms with E-state index >= 15 is 0 Å². The van der Waals surface area contributed by atoms with Gasteiger partial charge in [0.05, 0.1) is 19.1 Å². The lowest BCUT2D eigenvalue weighted by Crippen LogP contribution is -2.18. The van der Waals surface area contributed by atoms with Crippen molar-refractivity contribution in [1.82, 2.24) is 9.97 Å². The molecule has 8 heteroatoms. The Balaban J connectivity index is 2.63. The zero-order chi connectivity index (χ0) is 12.9. The topological polar surface area (TPSA) is 81.2 Å². The number of rotatable bonds is 6. The molecule has 6 nitrogen and oxygen atoms in total. The van der Waals surface area contributed by atoms with E-state index < -0.39 is 9.84 Å². The Bertz CT molecular complexity index is 478. The molecular formula is C9H14ClN3O3S. The molecule has 96 valence electrons. The molecule has 0 aliphatic rings. The summed E-state index contributed by atoms with van der Waals surface area (Å²) in [6.07, 6.45) is 1.39. The second-order valence-corrected chi connectivity index (χ2v) is 6.10. The zero-order valence-electron chi connectivity index (χ0n) is 9.60. The van der Waals surface area contributed by atoms with E-state index in [2.05, 4.69) is 15.3 Å². The largest absolute Gasteiger partial charge is 0.467 e. The molecule has 0 bridgehead atoms. The first-order chi connectivity index (χ1) is 7.98. The van der Waals surface area contributed by atoms with Gasteiger partial charge in [-0.2, -0.15) is 4.98 Å². The van der Waals surface area contributed by atoms with E-state index in [9.17, 15) is 8.42 Å². The Labute approximate surface area is 105 Å². The van der Waals surface area contributed by atoms with Crippen LogP contribution in [-0.4, -0.2) is 43.5 Å². The van der Waals surface area contributed by atoms with Crippen LogP contribution in [0.2, 0.25) is 5.02 Å². The molecule has 1 N–H and O–H groups in total. The summed E-state index contributed by atoms with van der Waals surface area (Å²) < 4.78 is 27.4. The highest BCUT2D eigenvalue weighted by molar-refractivity contribution is 7.91. The molecule has 0 saturated carbocycles. The summed E-state index contributed by atoms with van der Waals surface area (Å²) in [5.41, 5.74) is 0. The van der Waals surface area contributed by atoms with E-state index in [1.807, 2.05) is 0 Å². The van der Waals surface area contributed by atoms with Gasteiger partial charge in [-0.05, 0) is 0 Å². The normalized spacial score (nSPS) is 11.2. The van der Waals surface area contributed by atoms with Gasteiger partial charge in [-0.1, -0.05) is 18.5 Å². The average molecular weight is 280 g/mol. The Morgan fingerprint density at radius 2 is 2.24 bits per heavy atom. The molecule has 1 heterocycles. The first-order valence-electron chi connectivity index (χ1n) is 4.99. The molecule has 0 aliphatic carbocycles. The molecule has 0 aromatic carbocycles. The minimum Gasteiger partial charge on any atom is -0.467 e. The van der Waals surface area contributed by atoms with Crippen LogP contribution in [0.1, 0.15) is 6.92 Å². The highest BCUT2D eigenvalue weighted by Crippen LogP contribution is 2.19. The molecule has 0 spiro atoms. The summed E-state index contributed by atoms with van der Waals surface area (Å²) >= 11 is 5.84. The van der Waals surface area contributed by atoms with Gasteiger partial charge in [-0.25, -0.2) is 13.4 Å². The fourth-order valence-corrected chi connectivity index (χ4v) is 1.90. The zero-order valence-corrected chi connectivity index (χ0v) is 11.2. The Hall–Kier alpha value is -1.08. The SMILES string of the molecule is CCS(=O)(=O)CCNc1nc(OC)ncc1Cl. The lowest BCUT2D eigenvalue weighted by molar-refractivity contribution is 0.380. The number of nitrogens with one attached hydrogen (secondary N) is 1. The molecule has 0 radical (unpaired) electrons. The predicted molar refractivity (Wildman–Crippen MR) is 66.4 cm³/mol. The molecular weight excluding hydrogens is 266 g/mol. The Morgan fingerprint density at radius 1 is 1.53 bits per heavy atom. The number of hydrogen-bond donors (Lipinski definition) is 1. The van der Waals surface area contributed by atoms with Gasteiger partial charge in [0.15, 0.2) is 15.7 Å². The molecule has 1 rings (SSSR count). The number of nitrogens with zero attached hydrogens (tertiary/aromatic N) is 2. The van der Waals surface area contributed by atoms with Crippen molar-refractivity contribution >= 4 is 27.3 Å². The van der Waals surface area contributed by atoms with Crippen LogP contribution in [0.4, 0.5) is 5.82 Å². The van der Waals surface area contributed by atoms with Crippen molar-refractivity contribution in [2.45, 2.75) is 6.92 Å². The van der Waals surface area contributed by atoms with Crippen LogP contribution in [0.15, 0.2) is 6.20 Å². The number of hydrogen-bond acceptors (Lipinski definition) is 6. The smallest absolute Gasteiger partial charge is 0.318 e. The van der Waals surface area contributed by atoms with E-state index in [1.54, 1.807) is 6.92 Å². The molecule has 1 aromatic heterocycles. The lowest BCUT2D eigenvalue weighted by Gasteiger charge is -2.07. The number of sulfone groups is 1. The van der Waals surface area contributed by atoms with Crippen molar-refractivity contribution in [3.8, 4) is 6.01 Å². The molecule has 0 saturated heterocycles. The summed E-state index contributed by atoms with van der Waals surface area (Å²) in [4.78, 5) is 7.77. The quantitative estimate of drug-likeness (QED) is 0.836. The maximum atomic E-state index is 11.3. The van der Waals surface area contributed by atoms with Crippen molar-refractivity contribution in [1.29, 1.82) is 0 Å². The number of aromatic nitrogens is 2. The third kappa shape index (κ3) is 4.35. The average Bonchev–Trinajstić information content (AvgIpc) is 2.31. The molecule has 0 unspecified atom stereocenters. The van der Waals surface area contributed by atoms with E-state index in [0.29, 0.717) is 10.8 Å². The van der Waals surface area contributed by atoms with Crippen LogP contribution in [0.25, 0.3) is 0 Å². The predicted octanol–water partition coefficient (Wildman–Crippen LogP) is 0.985. The number of ether oxygens (including phenoxy) is 1. The summed E-state index contributed by atoms with van der Waals surface area (Å²) in [6, 6.07) is 0.176. The van der Waals surface area contributed by atoms with Crippen molar-refractivity contribution < 1.29 is 13.2 Å². The highest BCUT2D eigenvalue weighted by atomic mass is 35.5. The van der Waals surface area contributed by atoms with Gasteiger partial charge in [0.2, 0.25) is 0 Å². The Kier molecular flexibility index (Phi) is 4.95. The fourth-order valence-electron chi connectivity index (χ4n) is 1.04. The molecule has 0 fully saturated rings. The molecule has 0 atom stereocenters. The van der Waals surface area contributed by atoms with E-state index in [4.69, 9.17) is 16.3 Å². The van der Waals surface area contributed by atoms with E-state index in [-0.39, 0.29) is 24.1 Å². The van der Waals surface area contributed by atoms with Crippen molar-refractivity contribution in [3.63, 3.8) is 0 Å². The minimum absolute atomic E-state index is 0.0339. The van der Waals surface area contributed by atoms with Crippen LogP contribution < -0.4 is 10.1 Å². The van der Waals surface area contributed by atoms with Crippen LogP contribution in [0.5, 0.6) is 6.01 Å². The first kappa shape index (κ1) is 14.0. The maximum Gasteiger partial charge on any atom is 0.318 e. The standard InChI is InChI=1S/C9H14ClN3O3S/c1-3-17(14,15)5-4-11-8-7(10)6-12-9(13-8)16-2/h6H,3-5H2,1-2H3,(H,11,12,13). The lowest BCUT2D eigenvalue weighted by atomic mass is 10.5. The molecule has 0 amide bonds. The Morgan fingerprint density at radius 3 is 2.82 bits per heavy atom. The van der Waals surface area contributed by atoms with Gasteiger partial charge in [-0.15, -0.1) is 0 Å². The minimum atomic E-state index is -3.00. The van der Waals surface area contributed by atoms with Crippen molar-refractivity contribution in [2.75, 3.05) is 30.5 Å². The van der Waals surface area contributed by atoms with Gasteiger partial charge in [0.25, 0.3) is 0 Å². The third-order valence-corrected chi connectivity index (χ3v) is 4.03. The summed E-state index contributed by atoms with van der Waals surface area (Å²) in [7, 11) is -1.56. The van der Waals surface area contributed by atoms with Crippen LogP contribution in [-0.2, 0) is 9.84 Å². The van der Waals surface area contributed by atoms with Gasteiger partial charge >= 0.3 is 6.01 Å². The second-order valence-electron chi connectivity index (χ2n) is 3.22. The van der Waals surface area contributed by atoms with Gasteiger partial charge in [-0.3, -0.25) is 0 Å². The molecule has 17 heavy (non-hydrogen) atoms. The van der Waals surface area contributed by atoms with Crippen LogP contribution >= 0.6 is 11.6 Å². The van der Waals surface area contributed by atoms with Crippen LogP contribution in [0.3, 0.4) is 0 Å². The van der Waals surface area contributed by atoms with Crippen LogP contribution in [0, 0.1) is 0 Å². The second kappa shape index (κ2) is 6.02. The monoisotopic (exact) mass is 279 g/mol. The van der Waals surface area contributed by atoms with Crippen molar-refractivity contribution in [3.05, 3.63) is 11.2 Å². The molecule has 0 aliphatic heterocycles. The van der Waals surface area contributed by atoms with Crippen molar-refractivity contribution in [2.24, 2.45) is 0 Å². The number of anilines is 1. The summed E-state index contributed by atoms with van der Waals surface area (Å²) in [5, 5.41) is 3.16. The maximum absolute atomic E-state index is 11.3. The van der Waals surface area contributed by atoms with Gasteiger partial charge < -0.3 is 10.1 Å². The first-order valence-corrected chi connectivity index (χ1v) is 7.19. The third-order valence-electron chi connectivity index (χ3n) is 2.05.